The van der Waals surface area contributed by atoms with Crippen LogP contribution in [0.3, 0.4) is 0 Å². The molecule has 0 amide bonds. The number of ether oxygens (including phenoxy) is 2. The Kier molecular flexibility index (Phi) is 6.82. The third-order valence-electron chi connectivity index (χ3n) is 3.30. The van der Waals surface area contributed by atoms with E-state index < -0.39 is 5.97 Å². The molecule has 8 heteroatoms. The number of nitrogens with one attached hydrogen (secondary N) is 1. The zero-order chi connectivity index (χ0) is 15.8. The number of rotatable bonds is 7. The van der Waals surface area contributed by atoms with E-state index in [9.17, 15) is 4.79 Å². The number of nitrogens with zero attached hydrogens (tertiary/aromatic N) is 3. The zero-order valence-corrected chi connectivity index (χ0v) is 13.4. The molecule has 1 N–H and O–H groups in total. The van der Waals surface area contributed by atoms with E-state index in [0.717, 1.165) is 39.3 Å². The van der Waals surface area contributed by atoms with Crippen LogP contribution in [0.25, 0.3) is 0 Å². The van der Waals surface area contributed by atoms with E-state index in [1.807, 2.05) is 0 Å². The minimum atomic E-state index is -0.449. The Labute approximate surface area is 135 Å². The fourth-order valence-electron chi connectivity index (χ4n) is 2.19. The second-order valence-corrected chi connectivity index (χ2v) is 5.19. The van der Waals surface area contributed by atoms with Crippen molar-refractivity contribution in [3.05, 3.63) is 17.0 Å². The second-order valence-electron chi connectivity index (χ2n) is 4.86. The molecule has 1 aliphatic heterocycles. The van der Waals surface area contributed by atoms with E-state index in [2.05, 4.69) is 20.2 Å². The Morgan fingerprint density at radius 1 is 1.50 bits per heavy atom. The first-order chi connectivity index (χ1) is 10.7. The first-order valence-electron chi connectivity index (χ1n) is 7.44. The number of carbonyl (C=O) groups excluding carboxylic acids is 1. The van der Waals surface area contributed by atoms with Crippen molar-refractivity contribution in [2.24, 2.45) is 0 Å². The maximum atomic E-state index is 11.8. The fourth-order valence-corrected chi connectivity index (χ4v) is 2.32. The number of esters is 1. The fraction of sp³-hybridized carbons (Fsp3) is 0.643. The third kappa shape index (κ3) is 5.08. The maximum Gasteiger partial charge on any atom is 0.343 e. The molecule has 0 aliphatic carbocycles. The number of carbonyl (C=O) groups is 1. The van der Waals surface area contributed by atoms with Gasteiger partial charge in [0.2, 0.25) is 5.28 Å². The van der Waals surface area contributed by atoms with Gasteiger partial charge in [-0.2, -0.15) is 4.98 Å². The number of halogens is 1. The summed E-state index contributed by atoms with van der Waals surface area (Å²) in [7, 11) is 0. The molecular formula is C14H21ClN4O3. The van der Waals surface area contributed by atoms with Gasteiger partial charge in [0.25, 0.3) is 0 Å². The summed E-state index contributed by atoms with van der Waals surface area (Å²) < 4.78 is 10.3. The number of morpholine rings is 1. The summed E-state index contributed by atoms with van der Waals surface area (Å²) >= 11 is 5.80. The second kappa shape index (κ2) is 8.87. The standard InChI is InChI=1S/C14H21ClN4O3/c1-2-22-13(20)11-10-17-14(15)18-12(11)16-4-3-5-19-6-8-21-9-7-19/h10H,2-9H2,1H3,(H,16,17,18). The number of hydrogen-bond acceptors (Lipinski definition) is 7. The summed E-state index contributed by atoms with van der Waals surface area (Å²) in [6, 6.07) is 0. The molecule has 22 heavy (non-hydrogen) atoms. The molecule has 122 valence electrons. The third-order valence-corrected chi connectivity index (χ3v) is 3.48. The first-order valence-corrected chi connectivity index (χ1v) is 7.82. The molecule has 1 aromatic rings. The van der Waals surface area contributed by atoms with Crippen LogP contribution in [0.1, 0.15) is 23.7 Å². The zero-order valence-electron chi connectivity index (χ0n) is 12.7. The van der Waals surface area contributed by atoms with Crippen molar-refractivity contribution >= 4 is 23.4 Å². The van der Waals surface area contributed by atoms with E-state index in [0.29, 0.717) is 24.5 Å². The lowest BCUT2D eigenvalue weighted by Gasteiger charge is -2.26. The molecule has 1 fully saturated rings. The highest BCUT2D eigenvalue weighted by atomic mass is 35.5. The Morgan fingerprint density at radius 2 is 2.27 bits per heavy atom. The predicted molar refractivity (Wildman–Crippen MR) is 83.4 cm³/mol. The van der Waals surface area contributed by atoms with Gasteiger partial charge in [-0.25, -0.2) is 9.78 Å². The van der Waals surface area contributed by atoms with Gasteiger partial charge < -0.3 is 14.8 Å². The molecule has 7 nitrogen and oxygen atoms in total. The van der Waals surface area contributed by atoms with Crippen molar-refractivity contribution in [3.63, 3.8) is 0 Å². The van der Waals surface area contributed by atoms with Crippen LogP contribution in [0.5, 0.6) is 0 Å². The summed E-state index contributed by atoms with van der Waals surface area (Å²) in [6.45, 7) is 7.24. The number of anilines is 1. The van der Waals surface area contributed by atoms with Gasteiger partial charge in [0.05, 0.1) is 19.8 Å². The van der Waals surface area contributed by atoms with Gasteiger partial charge in [-0.3, -0.25) is 4.90 Å². The van der Waals surface area contributed by atoms with Gasteiger partial charge >= 0.3 is 5.97 Å². The first kappa shape index (κ1) is 16.9. The summed E-state index contributed by atoms with van der Waals surface area (Å²) in [6.07, 6.45) is 2.32. The average molecular weight is 329 g/mol. The highest BCUT2D eigenvalue weighted by molar-refractivity contribution is 6.28. The van der Waals surface area contributed by atoms with Crippen LogP contribution in [0.4, 0.5) is 5.82 Å². The minimum absolute atomic E-state index is 0.101. The van der Waals surface area contributed by atoms with E-state index >= 15 is 0 Å². The lowest BCUT2D eigenvalue weighted by Crippen LogP contribution is -2.37. The smallest absolute Gasteiger partial charge is 0.343 e. The van der Waals surface area contributed by atoms with Crippen LogP contribution in [-0.2, 0) is 9.47 Å². The van der Waals surface area contributed by atoms with Crippen molar-refractivity contribution in [2.75, 3.05) is 51.3 Å². The summed E-state index contributed by atoms with van der Waals surface area (Å²) in [4.78, 5) is 22.1. The van der Waals surface area contributed by atoms with Gasteiger partial charge in [0, 0.05) is 25.8 Å². The monoisotopic (exact) mass is 328 g/mol. The molecule has 2 rings (SSSR count). The van der Waals surface area contributed by atoms with Gasteiger partial charge in [-0.1, -0.05) is 0 Å². The van der Waals surface area contributed by atoms with Crippen molar-refractivity contribution in [1.82, 2.24) is 14.9 Å². The van der Waals surface area contributed by atoms with Gasteiger partial charge in [-0.15, -0.1) is 0 Å². The molecule has 2 heterocycles. The molecule has 1 saturated heterocycles. The molecule has 0 aromatic carbocycles. The molecule has 1 aliphatic rings. The van der Waals surface area contributed by atoms with Crippen LogP contribution in [0, 0.1) is 0 Å². The van der Waals surface area contributed by atoms with E-state index in [4.69, 9.17) is 21.1 Å². The minimum Gasteiger partial charge on any atom is -0.462 e. The number of aromatic nitrogens is 2. The van der Waals surface area contributed by atoms with Crippen LogP contribution < -0.4 is 5.32 Å². The average Bonchev–Trinajstić information content (AvgIpc) is 2.53. The Hall–Kier alpha value is -1.44. The van der Waals surface area contributed by atoms with Crippen LogP contribution in [-0.4, -0.2) is 66.8 Å². The summed E-state index contributed by atoms with van der Waals surface area (Å²) in [5.74, 6) is -0.0322. The normalized spacial score (nSPS) is 15.5. The van der Waals surface area contributed by atoms with Crippen LogP contribution >= 0.6 is 11.6 Å². The molecular weight excluding hydrogens is 308 g/mol. The quantitative estimate of drug-likeness (QED) is 0.461. The highest BCUT2D eigenvalue weighted by Crippen LogP contribution is 2.15. The highest BCUT2D eigenvalue weighted by Gasteiger charge is 2.15. The summed E-state index contributed by atoms with van der Waals surface area (Å²) in [5, 5.41) is 3.24. The maximum absolute atomic E-state index is 11.8. The number of hydrogen-bond donors (Lipinski definition) is 1. The Bertz CT molecular complexity index is 495. The van der Waals surface area contributed by atoms with Crippen molar-refractivity contribution < 1.29 is 14.3 Å². The van der Waals surface area contributed by atoms with E-state index in [1.165, 1.54) is 6.20 Å². The van der Waals surface area contributed by atoms with Gasteiger partial charge in [0.15, 0.2) is 0 Å². The van der Waals surface area contributed by atoms with Crippen molar-refractivity contribution in [1.29, 1.82) is 0 Å². The Balaban J connectivity index is 1.85. The summed E-state index contributed by atoms with van der Waals surface area (Å²) in [5.41, 5.74) is 0.303. The molecule has 0 saturated carbocycles. The molecule has 0 unspecified atom stereocenters. The van der Waals surface area contributed by atoms with E-state index in [1.54, 1.807) is 6.92 Å². The molecule has 1 aromatic heterocycles. The largest absolute Gasteiger partial charge is 0.462 e. The van der Waals surface area contributed by atoms with E-state index in [-0.39, 0.29) is 5.28 Å². The van der Waals surface area contributed by atoms with Crippen molar-refractivity contribution in [3.8, 4) is 0 Å². The molecule has 0 radical (unpaired) electrons. The SMILES string of the molecule is CCOC(=O)c1cnc(Cl)nc1NCCCN1CCOCC1. The molecule has 0 spiro atoms. The lowest BCUT2D eigenvalue weighted by atomic mass is 10.3. The Morgan fingerprint density at radius 3 is 3.00 bits per heavy atom. The van der Waals surface area contributed by atoms with Crippen LogP contribution in [0.15, 0.2) is 6.20 Å². The van der Waals surface area contributed by atoms with Crippen LogP contribution in [0.2, 0.25) is 5.28 Å². The molecule has 0 atom stereocenters. The molecule has 0 bridgehead atoms. The van der Waals surface area contributed by atoms with Gasteiger partial charge in [-0.05, 0) is 31.5 Å². The lowest BCUT2D eigenvalue weighted by molar-refractivity contribution is 0.0378. The van der Waals surface area contributed by atoms with Crippen molar-refractivity contribution in [2.45, 2.75) is 13.3 Å². The topological polar surface area (TPSA) is 76.6 Å². The van der Waals surface area contributed by atoms with Gasteiger partial charge in [0.1, 0.15) is 11.4 Å². The predicted octanol–water partition coefficient (Wildman–Crippen LogP) is 1.44.